The average Bonchev–Trinajstić information content (AvgIpc) is 3.20. The van der Waals surface area contributed by atoms with Gasteiger partial charge in [0.2, 0.25) is 0 Å². The summed E-state index contributed by atoms with van der Waals surface area (Å²) >= 11 is 3.32. The van der Waals surface area contributed by atoms with E-state index in [2.05, 4.69) is 32.6 Å². The summed E-state index contributed by atoms with van der Waals surface area (Å²) in [4.78, 5) is 13.4. The van der Waals surface area contributed by atoms with Gasteiger partial charge in [-0.3, -0.25) is 4.98 Å². The lowest BCUT2D eigenvalue weighted by molar-refractivity contribution is 0.513. The van der Waals surface area contributed by atoms with Crippen LogP contribution in [0.3, 0.4) is 0 Å². The average molecular weight is 316 g/mol. The fourth-order valence-electron chi connectivity index (χ4n) is 2.04. The molecule has 6 heteroatoms. The molecule has 0 spiro atoms. The Hall–Kier alpha value is -1.63. The first-order valence-corrected chi connectivity index (χ1v) is 8.61. The lowest BCUT2D eigenvalue weighted by Crippen LogP contribution is -2.20. The minimum Gasteiger partial charge on any atom is -0.302 e. The summed E-state index contributed by atoms with van der Waals surface area (Å²) in [5.41, 5.74) is 1.98. The molecule has 0 radical (unpaired) electrons. The topological polar surface area (TPSA) is 50.7 Å². The zero-order valence-electron chi connectivity index (χ0n) is 11.7. The highest BCUT2D eigenvalue weighted by Crippen LogP contribution is 2.23. The standard InChI is InChI=1S/C15H16N4S2/c1-2-12(14-17-7-8-20-14)18-9-11-10-21-15(19-11)13-5-3-4-6-16-13/h3-8,10,12,18H,2,9H2,1H3. The molecule has 3 aromatic rings. The van der Waals surface area contributed by atoms with Gasteiger partial charge in [0, 0.05) is 29.7 Å². The SMILES string of the molecule is CCC(NCc1csc(-c2ccccn2)n1)c1nccs1. The zero-order valence-corrected chi connectivity index (χ0v) is 13.3. The quantitative estimate of drug-likeness (QED) is 0.749. The van der Waals surface area contributed by atoms with Gasteiger partial charge in [0.05, 0.1) is 17.4 Å². The van der Waals surface area contributed by atoms with E-state index in [1.807, 2.05) is 29.8 Å². The normalized spacial score (nSPS) is 12.4. The Morgan fingerprint density at radius 2 is 2.14 bits per heavy atom. The summed E-state index contributed by atoms with van der Waals surface area (Å²) in [5.74, 6) is 0. The van der Waals surface area contributed by atoms with Gasteiger partial charge in [0.25, 0.3) is 0 Å². The van der Waals surface area contributed by atoms with E-state index in [-0.39, 0.29) is 0 Å². The van der Waals surface area contributed by atoms with Crippen molar-refractivity contribution in [3.63, 3.8) is 0 Å². The highest BCUT2D eigenvalue weighted by Gasteiger charge is 2.12. The van der Waals surface area contributed by atoms with Crippen LogP contribution in [-0.2, 0) is 6.54 Å². The van der Waals surface area contributed by atoms with Crippen molar-refractivity contribution in [2.24, 2.45) is 0 Å². The number of nitrogens with one attached hydrogen (secondary N) is 1. The van der Waals surface area contributed by atoms with Gasteiger partial charge in [-0.1, -0.05) is 13.0 Å². The lowest BCUT2D eigenvalue weighted by atomic mass is 10.2. The zero-order chi connectivity index (χ0) is 14.5. The minimum absolute atomic E-state index is 0.296. The summed E-state index contributed by atoms with van der Waals surface area (Å²) in [6.45, 7) is 2.92. The number of pyridine rings is 1. The number of thiazole rings is 2. The van der Waals surface area contributed by atoms with E-state index < -0.39 is 0 Å². The van der Waals surface area contributed by atoms with Gasteiger partial charge >= 0.3 is 0 Å². The molecule has 0 aliphatic heterocycles. The van der Waals surface area contributed by atoms with Crippen molar-refractivity contribution in [2.75, 3.05) is 0 Å². The van der Waals surface area contributed by atoms with Crippen LogP contribution >= 0.6 is 22.7 Å². The first kappa shape index (κ1) is 14.3. The van der Waals surface area contributed by atoms with Crippen LogP contribution in [0, 0.1) is 0 Å². The molecule has 108 valence electrons. The van der Waals surface area contributed by atoms with Crippen molar-refractivity contribution >= 4 is 22.7 Å². The fourth-order valence-corrected chi connectivity index (χ4v) is 3.63. The first-order valence-electron chi connectivity index (χ1n) is 6.85. The molecule has 1 N–H and O–H groups in total. The van der Waals surface area contributed by atoms with Gasteiger partial charge in [-0.05, 0) is 18.6 Å². The van der Waals surface area contributed by atoms with Crippen LogP contribution in [0.5, 0.6) is 0 Å². The Morgan fingerprint density at radius 1 is 1.19 bits per heavy atom. The molecule has 3 rings (SSSR count). The molecule has 0 saturated heterocycles. The van der Waals surface area contributed by atoms with Crippen molar-refractivity contribution in [2.45, 2.75) is 25.9 Å². The van der Waals surface area contributed by atoms with Gasteiger partial charge < -0.3 is 5.32 Å². The third-order valence-corrected chi connectivity index (χ3v) is 4.93. The maximum absolute atomic E-state index is 4.64. The third kappa shape index (κ3) is 3.53. The van der Waals surface area contributed by atoms with Crippen molar-refractivity contribution in [3.05, 3.63) is 52.1 Å². The van der Waals surface area contributed by atoms with E-state index >= 15 is 0 Å². The van der Waals surface area contributed by atoms with Crippen LogP contribution in [0.1, 0.15) is 30.1 Å². The van der Waals surface area contributed by atoms with Crippen LogP contribution in [0.4, 0.5) is 0 Å². The second-order valence-corrected chi connectivity index (χ2v) is 6.36. The summed E-state index contributed by atoms with van der Waals surface area (Å²) in [6, 6.07) is 6.18. The van der Waals surface area contributed by atoms with Crippen LogP contribution in [0.2, 0.25) is 0 Å². The summed E-state index contributed by atoms with van der Waals surface area (Å²) in [5, 5.41) is 9.73. The molecule has 1 unspecified atom stereocenters. The predicted octanol–water partition coefficient (Wildman–Crippen LogP) is 3.90. The highest BCUT2D eigenvalue weighted by atomic mass is 32.1. The van der Waals surface area contributed by atoms with Crippen molar-refractivity contribution in [1.82, 2.24) is 20.3 Å². The van der Waals surface area contributed by atoms with E-state index in [1.54, 1.807) is 28.9 Å². The second-order valence-electron chi connectivity index (χ2n) is 4.57. The van der Waals surface area contributed by atoms with Crippen molar-refractivity contribution < 1.29 is 0 Å². The summed E-state index contributed by atoms with van der Waals surface area (Å²) in [6.07, 6.45) is 4.67. The first-order chi connectivity index (χ1) is 10.4. The molecule has 0 saturated carbocycles. The van der Waals surface area contributed by atoms with Gasteiger partial charge in [0.15, 0.2) is 0 Å². The molecule has 4 nitrogen and oxygen atoms in total. The van der Waals surface area contributed by atoms with Crippen LogP contribution in [-0.4, -0.2) is 15.0 Å². The Bertz CT molecular complexity index is 664. The Kier molecular flexibility index (Phi) is 4.69. The minimum atomic E-state index is 0.296. The number of rotatable bonds is 6. The van der Waals surface area contributed by atoms with Gasteiger partial charge in [-0.25, -0.2) is 9.97 Å². The largest absolute Gasteiger partial charge is 0.302 e. The predicted molar refractivity (Wildman–Crippen MR) is 87.3 cm³/mol. The Morgan fingerprint density at radius 3 is 2.86 bits per heavy atom. The monoisotopic (exact) mass is 316 g/mol. The smallest absolute Gasteiger partial charge is 0.142 e. The van der Waals surface area contributed by atoms with Gasteiger partial charge in [-0.15, -0.1) is 22.7 Å². The molecular weight excluding hydrogens is 300 g/mol. The molecule has 0 bridgehead atoms. The van der Waals surface area contributed by atoms with Gasteiger partial charge in [-0.2, -0.15) is 0 Å². The van der Waals surface area contributed by atoms with Crippen molar-refractivity contribution in [1.29, 1.82) is 0 Å². The maximum Gasteiger partial charge on any atom is 0.142 e. The van der Waals surface area contributed by atoms with E-state index in [0.717, 1.165) is 34.4 Å². The molecule has 0 aliphatic rings. The molecule has 3 heterocycles. The molecule has 21 heavy (non-hydrogen) atoms. The van der Waals surface area contributed by atoms with E-state index in [1.165, 1.54) is 0 Å². The summed E-state index contributed by atoms with van der Waals surface area (Å²) < 4.78 is 0. The van der Waals surface area contributed by atoms with Crippen LogP contribution in [0.25, 0.3) is 10.7 Å². The Balaban J connectivity index is 1.65. The summed E-state index contributed by atoms with van der Waals surface area (Å²) in [7, 11) is 0. The Labute approximate surface area is 131 Å². The maximum atomic E-state index is 4.64. The number of hydrogen-bond donors (Lipinski definition) is 1. The molecular formula is C15H16N4S2. The molecule has 3 aromatic heterocycles. The van der Waals surface area contributed by atoms with E-state index in [4.69, 9.17) is 0 Å². The second kappa shape index (κ2) is 6.89. The highest BCUT2D eigenvalue weighted by molar-refractivity contribution is 7.13. The van der Waals surface area contributed by atoms with Crippen molar-refractivity contribution in [3.8, 4) is 10.7 Å². The van der Waals surface area contributed by atoms with Crippen LogP contribution in [0.15, 0.2) is 41.4 Å². The molecule has 0 aromatic carbocycles. The van der Waals surface area contributed by atoms with E-state index in [9.17, 15) is 0 Å². The third-order valence-electron chi connectivity index (χ3n) is 3.12. The molecule has 1 atom stereocenters. The van der Waals surface area contributed by atoms with Gasteiger partial charge in [0.1, 0.15) is 10.0 Å². The number of hydrogen-bond acceptors (Lipinski definition) is 6. The van der Waals surface area contributed by atoms with Crippen LogP contribution < -0.4 is 5.32 Å². The molecule has 0 fully saturated rings. The molecule has 0 amide bonds. The van der Waals surface area contributed by atoms with E-state index in [0.29, 0.717) is 6.04 Å². The number of aromatic nitrogens is 3. The fraction of sp³-hybridized carbons (Fsp3) is 0.267. The number of nitrogens with zero attached hydrogens (tertiary/aromatic N) is 3. The lowest BCUT2D eigenvalue weighted by Gasteiger charge is -2.13. The molecule has 0 aliphatic carbocycles.